The van der Waals surface area contributed by atoms with Crippen molar-refractivity contribution in [1.29, 1.82) is 0 Å². The Labute approximate surface area is 251 Å². The fourth-order valence-corrected chi connectivity index (χ4v) is 5.08. The summed E-state index contributed by atoms with van der Waals surface area (Å²) < 4.78 is 17.2. The lowest BCUT2D eigenvalue weighted by Crippen LogP contribution is -2.29. The molecule has 0 fully saturated rings. The number of benzene rings is 5. The van der Waals surface area contributed by atoms with E-state index in [2.05, 4.69) is 0 Å². The van der Waals surface area contributed by atoms with Crippen molar-refractivity contribution >= 4 is 41.1 Å². The lowest BCUT2D eigenvalue weighted by molar-refractivity contribution is 0.0251. The van der Waals surface area contributed by atoms with E-state index in [0.29, 0.717) is 54.9 Å². The normalized spacial score (nSPS) is 13.1. The molecule has 42 heavy (non-hydrogen) atoms. The number of ether oxygens (including phenoxy) is 3. The summed E-state index contributed by atoms with van der Waals surface area (Å²) in [6.45, 7) is 0. The predicted octanol–water partition coefficient (Wildman–Crippen LogP) is 7.89. The highest BCUT2D eigenvalue weighted by atomic mass is 35.5. The Morgan fingerprint density at radius 3 is 1.45 bits per heavy atom. The molecule has 0 unspecified atom stereocenters. The second-order valence-corrected chi connectivity index (χ2v) is 10.3. The number of hydrogen-bond donors (Lipinski definition) is 0. The number of halogens is 2. The van der Waals surface area contributed by atoms with Gasteiger partial charge in [0, 0.05) is 26.7 Å². The van der Waals surface area contributed by atoms with Crippen molar-refractivity contribution in [1.82, 2.24) is 0 Å². The molecular formula is C34H20Cl2O6. The largest absolute Gasteiger partial charge is 0.441 e. The summed E-state index contributed by atoms with van der Waals surface area (Å²) in [5.41, 5.74) is 1.80. The highest BCUT2D eigenvalue weighted by Gasteiger charge is 2.48. The second-order valence-electron chi connectivity index (χ2n) is 9.46. The van der Waals surface area contributed by atoms with Gasteiger partial charge >= 0.3 is 17.9 Å². The molecule has 0 aliphatic carbocycles. The zero-order chi connectivity index (χ0) is 29.3. The van der Waals surface area contributed by atoms with E-state index < -0.39 is 23.5 Å². The Morgan fingerprint density at radius 2 is 1.00 bits per heavy atom. The minimum atomic E-state index is -1.29. The van der Waals surface area contributed by atoms with Crippen molar-refractivity contribution in [2.45, 2.75) is 5.60 Å². The molecule has 0 radical (unpaired) electrons. The number of hydrogen-bond acceptors (Lipinski definition) is 6. The molecule has 1 aliphatic heterocycles. The van der Waals surface area contributed by atoms with Gasteiger partial charge in [-0.1, -0.05) is 65.7 Å². The van der Waals surface area contributed by atoms with E-state index in [4.69, 9.17) is 37.4 Å². The molecule has 0 spiro atoms. The fraction of sp³-hybridized carbons (Fsp3) is 0.0294. The summed E-state index contributed by atoms with van der Waals surface area (Å²) >= 11 is 11.8. The summed E-state index contributed by atoms with van der Waals surface area (Å²) in [5, 5.41) is 1.03. The van der Waals surface area contributed by atoms with E-state index in [0.717, 1.165) is 0 Å². The average molecular weight is 595 g/mol. The molecule has 0 saturated heterocycles. The first-order valence-electron chi connectivity index (χ1n) is 12.8. The number of rotatable bonds is 6. The summed E-state index contributed by atoms with van der Waals surface area (Å²) in [7, 11) is 0. The van der Waals surface area contributed by atoms with E-state index in [1.807, 2.05) is 12.1 Å². The van der Waals surface area contributed by atoms with Gasteiger partial charge in [-0.3, -0.25) is 0 Å². The molecule has 0 atom stereocenters. The summed E-state index contributed by atoms with van der Waals surface area (Å²) in [6.07, 6.45) is 0. The lowest BCUT2D eigenvalue weighted by atomic mass is 9.80. The third-order valence-corrected chi connectivity index (χ3v) is 7.38. The van der Waals surface area contributed by atoms with Crippen LogP contribution in [0.5, 0.6) is 11.5 Å². The number of carbonyl (C=O) groups excluding carboxylic acids is 3. The van der Waals surface area contributed by atoms with Crippen molar-refractivity contribution < 1.29 is 28.6 Å². The smallest absolute Gasteiger partial charge is 0.343 e. The van der Waals surface area contributed by atoms with Crippen molar-refractivity contribution in [3.05, 3.63) is 165 Å². The molecule has 6 rings (SSSR count). The number of esters is 3. The van der Waals surface area contributed by atoms with E-state index in [1.54, 1.807) is 109 Å². The van der Waals surface area contributed by atoms with Crippen LogP contribution in [-0.4, -0.2) is 17.9 Å². The minimum Gasteiger partial charge on any atom is -0.441 e. The molecule has 1 heterocycles. The Bertz CT molecular complexity index is 1690. The SMILES string of the molecule is O=C(Oc1ccc(C2(c3ccc(OC(=O)c4ccc(Cl)cc4)cc3)OC(=O)c3ccccc32)cc1)c1ccc(Cl)cc1. The van der Waals surface area contributed by atoms with Crippen LogP contribution in [0.15, 0.2) is 121 Å². The van der Waals surface area contributed by atoms with Crippen LogP contribution in [0.1, 0.15) is 47.8 Å². The molecule has 206 valence electrons. The third-order valence-electron chi connectivity index (χ3n) is 6.87. The van der Waals surface area contributed by atoms with Gasteiger partial charge in [0.2, 0.25) is 0 Å². The summed E-state index contributed by atoms with van der Waals surface area (Å²) in [6, 6.07) is 33.5. The van der Waals surface area contributed by atoms with Crippen LogP contribution < -0.4 is 9.47 Å². The monoisotopic (exact) mass is 594 g/mol. The van der Waals surface area contributed by atoms with E-state index in [9.17, 15) is 14.4 Å². The van der Waals surface area contributed by atoms with Gasteiger partial charge in [-0.2, -0.15) is 0 Å². The van der Waals surface area contributed by atoms with Crippen LogP contribution in [0.2, 0.25) is 10.0 Å². The maximum Gasteiger partial charge on any atom is 0.343 e. The average Bonchev–Trinajstić information content (AvgIpc) is 3.31. The Kier molecular flexibility index (Phi) is 7.25. The Balaban J connectivity index is 1.31. The molecule has 5 aromatic carbocycles. The fourth-order valence-electron chi connectivity index (χ4n) is 4.83. The van der Waals surface area contributed by atoms with Crippen LogP contribution in [0, 0.1) is 0 Å². The minimum absolute atomic E-state index is 0.316. The van der Waals surface area contributed by atoms with E-state index in [1.165, 1.54) is 0 Å². The second kappa shape index (κ2) is 11.2. The van der Waals surface area contributed by atoms with Crippen LogP contribution >= 0.6 is 23.2 Å². The quantitative estimate of drug-likeness (QED) is 0.147. The zero-order valence-electron chi connectivity index (χ0n) is 21.8. The molecular weight excluding hydrogens is 575 g/mol. The molecule has 0 bridgehead atoms. The molecule has 0 aromatic heterocycles. The molecule has 0 saturated carbocycles. The van der Waals surface area contributed by atoms with Crippen molar-refractivity contribution in [2.24, 2.45) is 0 Å². The zero-order valence-corrected chi connectivity index (χ0v) is 23.3. The van der Waals surface area contributed by atoms with Gasteiger partial charge in [0.1, 0.15) is 11.5 Å². The summed E-state index contributed by atoms with van der Waals surface area (Å²) in [4.78, 5) is 38.2. The Morgan fingerprint density at radius 1 is 0.571 bits per heavy atom. The van der Waals surface area contributed by atoms with Crippen LogP contribution in [0.4, 0.5) is 0 Å². The number of carbonyl (C=O) groups is 3. The van der Waals surface area contributed by atoms with Crippen molar-refractivity contribution in [3.8, 4) is 11.5 Å². The van der Waals surface area contributed by atoms with Gasteiger partial charge in [-0.05, 0) is 78.9 Å². The molecule has 5 aromatic rings. The van der Waals surface area contributed by atoms with Crippen LogP contribution in [0.25, 0.3) is 0 Å². The van der Waals surface area contributed by atoms with Crippen LogP contribution in [0.3, 0.4) is 0 Å². The first-order valence-corrected chi connectivity index (χ1v) is 13.6. The topological polar surface area (TPSA) is 78.9 Å². The molecule has 0 amide bonds. The highest BCUT2D eigenvalue weighted by Crippen LogP contribution is 2.47. The maximum atomic E-state index is 13.0. The summed E-state index contributed by atoms with van der Waals surface area (Å²) in [5.74, 6) is -0.903. The van der Waals surface area contributed by atoms with E-state index in [-0.39, 0.29) is 0 Å². The number of cyclic esters (lactones) is 1. The maximum absolute atomic E-state index is 13.0. The van der Waals surface area contributed by atoms with Crippen molar-refractivity contribution in [2.75, 3.05) is 0 Å². The first-order chi connectivity index (χ1) is 20.3. The lowest BCUT2D eigenvalue weighted by Gasteiger charge is -2.30. The predicted molar refractivity (Wildman–Crippen MR) is 157 cm³/mol. The molecule has 6 nitrogen and oxygen atoms in total. The Hall–Kier alpha value is -4.91. The third kappa shape index (κ3) is 5.14. The highest BCUT2D eigenvalue weighted by molar-refractivity contribution is 6.31. The van der Waals surface area contributed by atoms with Gasteiger partial charge in [0.15, 0.2) is 5.60 Å². The standard InChI is InChI=1S/C34H20Cl2O6/c35-25-13-5-21(6-14-25)31(37)40-27-17-9-23(10-18-27)34(30-4-2-1-3-29(30)33(39)42-34)24-11-19-28(20-12-24)41-32(38)22-7-15-26(36)16-8-22/h1-20H. The van der Waals surface area contributed by atoms with Gasteiger partial charge in [-0.15, -0.1) is 0 Å². The van der Waals surface area contributed by atoms with Gasteiger partial charge in [0.25, 0.3) is 0 Å². The number of fused-ring (bicyclic) bond motifs is 1. The van der Waals surface area contributed by atoms with Gasteiger partial charge < -0.3 is 14.2 Å². The van der Waals surface area contributed by atoms with Gasteiger partial charge in [0.05, 0.1) is 16.7 Å². The first kappa shape index (κ1) is 27.3. The molecule has 0 N–H and O–H groups in total. The van der Waals surface area contributed by atoms with Crippen molar-refractivity contribution in [3.63, 3.8) is 0 Å². The molecule has 1 aliphatic rings. The molecule has 8 heteroatoms. The van der Waals surface area contributed by atoms with Crippen LogP contribution in [-0.2, 0) is 10.3 Å². The van der Waals surface area contributed by atoms with E-state index >= 15 is 0 Å². The van der Waals surface area contributed by atoms with Gasteiger partial charge in [-0.25, -0.2) is 14.4 Å².